The lowest BCUT2D eigenvalue weighted by Crippen LogP contribution is -2.43. The Labute approximate surface area is 122 Å². The summed E-state index contributed by atoms with van der Waals surface area (Å²) in [7, 11) is 2.20. The van der Waals surface area contributed by atoms with Gasteiger partial charge in [-0.25, -0.2) is 8.42 Å². The van der Waals surface area contributed by atoms with Gasteiger partial charge >= 0.3 is 0 Å². The third-order valence-corrected chi connectivity index (χ3v) is 5.39. The Morgan fingerprint density at radius 2 is 2.00 bits per heavy atom. The Morgan fingerprint density at radius 3 is 2.40 bits per heavy atom. The van der Waals surface area contributed by atoms with Gasteiger partial charge in [-0.05, 0) is 27.1 Å². The SMILES string of the molecule is CCN(C(C)CN(C)C)S(=O)(=O)c1cc(CN)n(C)c1. The molecule has 1 aromatic rings. The quantitative estimate of drug-likeness (QED) is 0.793. The van der Waals surface area contributed by atoms with Crippen LogP contribution in [-0.4, -0.2) is 55.4 Å². The highest BCUT2D eigenvalue weighted by Crippen LogP contribution is 2.20. The summed E-state index contributed by atoms with van der Waals surface area (Å²) >= 11 is 0. The van der Waals surface area contributed by atoms with Gasteiger partial charge in [-0.3, -0.25) is 0 Å². The maximum absolute atomic E-state index is 12.7. The maximum atomic E-state index is 12.7. The molecule has 116 valence electrons. The minimum Gasteiger partial charge on any atom is -0.352 e. The number of aromatic nitrogens is 1. The maximum Gasteiger partial charge on any atom is 0.244 e. The third-order valence-electron chi connectivity index (χ3n) is 3.33. The molecule has 1 heterocycles. The van der Waals surface area contributed by atoms with Crippen LogP contribution in [0.5, 0.6) is 0 Å². The van der Waals surface area contributed by atoms with Gasteiger partial charge in [-0.2, -0.15) is 4.31 Å². The van der Waals surface area contributed by atoms with Crippen LogP contribution in [0.25, 0.3) is 0 Å². The van der Waals surface area contributed by atoms with Crippen LogP contribution < -0.4 is 5.73 Å². The van der Waals surface area contributed by atoms with Gasteiger partial charge in [0.05, 0.1) is 0 Å². The van der Waals surface area contributed by atoms with E-state index in [4.69, 9.17) is 5.73 Å². The van der Waals surface area contributed by atoms with E-state index in [0.29, 0.717) is 24.5 Å². The van der Waals surface area contributed by atoms with E-state index in [1.807, 2.05) is 32.8 Å². The van der Waals surface area contributed by atoms with Crippen molar-refractivity contribution in [3.63, 3.8) is 0 Å². The molecule has 0 aliphatic carbocycles. The topological polar surface area (TPSA) is 71.6 Å². The van der Waals surface area contributed by atoms with E-state index in [1.54, 1.807) is 23.9 Å². The molecule has 2 N–H and O–H groups in total. The monoisotopic (exact) mass is 302 g/mol. The van der Waals surface area contributed by atoms with Gasteiger partial charge in [0.25, 0.3) is 0 Å². The first kappa shape index (κ1) is 17.2. The molecule has 0 fully saturated rings. The summed E-state index contributed by atoms with van der Waals surface area (Å²) < 4.78 is 28.7. The molecule has 0 amide bonds. The molecular formula is C13H26N4O2S. The highest BCUT2D eigenvalue weighted by atomic mass is 32.2. The number of hydrogen-bond donors (Lipinski definition) is 1. The van der Waals surface area contributed by atoms with Crippen LogP contribution in [0.1, 0.15) is 19.5 Å². The molecule has 1 atom stereocenters. The van der Waals surface area contributed by atoms with Crippen molar-refractivity contribution in [2.45, 2.75) is 31.3 Å². The van der Waals surface area contributed by atoms with Crippen molar-refractivity contribution in [1.82, 2.24) is 13.8 Å². The van der Waals surface area contributed by atoms with Gasteiger partial charge in [-0.1, -0.05) is 6.92 Å². The fourth-order valence-electron chi connectivity index (χ4n) is 2.39. The van der Waals surface area contributed by atoms with Gasteiger partial charge in [-0.15, -0.1) is 0 Å². The highest BCUT2D eigenvalue weighted by molar-refractivity contribution is 7.89. The van der Waals surface area contributed by atoms with Crippen LogP contribution in [0, 0.1) is 0 Å². The zero-order valence-corrected chi connectivity index (χ0v) is 13.8. The van der Waals surface area contributed by atoms with E-state index >= 15 is 0 Å². The Hall–Kier alpha value is -0.890. The Bertz CT molecular complexity index is 537. The minimum atomic E-state index is -3.48. The predicted molar refractivity (Wildman–Crippen MR) is 80.9 cm³/mol. The Kier molecular flexibility index (Phi) is 5.76. The fourth-order valence-corrected chi connectivity index (χ4v) is 4.12. The lowest BCUT2D eigenvalue weighted by atomic mass is 10.3. The van der Waals surface area contributed by atoms with Crippen LogP contribution in [0.15, 0.2) is 17.2 Å². The molecule has 0 bridgehead atoms. The number of hydrogen-bond acceptors (Lipinski definition) is 4. The highest BCUT2D eigenvalue weighted by Gasteiger charge is 2.29. The van der Waals surface area contributed by atoms with Gasteiger partial charge in [0.2, 0.25) is 10.0 Å². The Morgan fingerprint density at radius 1 is 1.40 bits per heavy atom. The minimum absolute atomic E-state index is 0.0819. The molecule has 0 aromatic carbocycles. The van der Waals surface area contributed by atoms with Crippen LogP contribution in [0.3, 0.4) is 0 Å². The molecular weight excluding hydrogens is 276 g/mol. The third kappa shape index (κ3) is 3.60. The second-order valence-electron chi connectivity index (χ2n) is 5.30. The molecule has 0 aliphatic rings. The van der Waals surface area contributed by atoms with Crippen molar-refractivity contribution >= 4 is 10.0 Å². The van der Waals surface area contributed by atoms with Crippen molar-refractivity contribution in [2.24, 2.45) is 12.8 Å². The summed E-state index contributed by atoms with van der Waals surface area (Å²) in [6.07, 6.45) is 1.63. The average molecular weight is 302 g/mol. The molecule has 6 nitrogen and oxygen atoms in total. The van der Waals surface area contributed by atoms with Crippen molar-refractivity contribution in [3.05, 3.63) is 18.0 Å². The van der Waals surface area contributed by atoms with Crippen LogP contribution in [-0.2, 0) is 23.6 Å². The van der Waals surface area contributed by atoms with E-state index < -0.39 is 10.0 Å². The lowest BCUT2D eigenvalue weighted by Gasteiger charge is -2.28. The van der Waals surface area contributed by atoms with E-state index in [-0.39, 0.29) is 6.04 Å². The molecule has 0 saturated carbocycles. The second-order valence-corrected chi connectivity index (χ2v) is 7.19. The molecule has 1 rings (SSSR count). The summed E-state index contributed by atoms with van der Waals surface area (Å²) in [6.45, 7) is 5.24. The molecule has 0 spiro atoms. The van der Waals surface area contributed by atoms with Crippen LogP contribution in [0.2, 0.25) is 0 Å². The zero-order valence-electron chi connectivity index (χ0n) is 13.0. The molecule has 0 aliphatic heterocycles. The number of nitrogens with zero attached hydrogens (tertiary/aromatic N) is 3. The first-order valence-electron chi connectivity index (χ1n) is 6.75. The number of sulfonamides is 1. The lowest BCUT2D eigenvalue weighted by molar-refractivity contribution is 0.271. The zero-order chi connectivity index (χ0) is 15.5. The van der Waals surface area contributed by atoms with Crippen molar-refractivity contribution < 1.29 is 8.42 Å². The number of nitrogens with two attached hydrogens (primary N) is 1. The molecule has 0 saturated heterocycles. The molecule has 1 aromatic heterocycles. The smallest absolute Gasteiger partial charge is 0.244 e. The van der Waals surface area contributed by atoms with Gasteiger partial charge in [0, 0.05) is 44.6 Å². The summed E-state index contributed by atoms with van der Waals surface area (Å²) in [5.41, 5.74) is 6.41. The van der Waals surface area contributed by atoms with Gasteiger partial charge < -0.3 is 15.2 Å². The first-order chi connectivity index (χ1) is 9.23. The standard InChI is InChI=1S/C13H26N4O2S/c1-6-17(11(2)9-15(3)4)20(18,19)13-7-12(8-14)16(5)10-13/h7,10-11H,6,8-9,14H2,1-5H3. The van der Waals surface area contributed by atoms with E-state index in [1.165, 1.54) is 4.31 Å². The second kappa shape index (κ2) is 6.71. The molecule has 20 heavy (non-hydrogen) atoms. The number of rotatable bonds is 7. The number of likely N-dealkylation sites (N-methyl/N-ethyl adjacent to an activating group) is 2. The van der Waals surface area contributed by atoms with Crippen molar-refractivity contribution in [1.29, 1.82) is 0 Å². The van der Waals surface area contributed by atoms with Gasteiger partial charge in [0.1, 0.15) is 4.90 Å². The Balaban J connectivity index is 3.11. The summed E-state index contributed by atoms with van der Waals surface area (Å²) in [4.78, 5) is 2.30. The summed E-state index contributed by atoms with van der Waals surface area (Å²) in [6, 6.07) is 1.57. The molecule has 1 unspecified atom stereocenters. The first-order valence-corrected chi connectivity index (χ1v) is 8.19. The predicted octanol–water partition coefficient (Wildman–Crippen LogP) is 0.445. The van der Waals surface area contributed by atoms with Crippen molar-refractivity contribution in [2.75, 3.05) is 27.2 Å². The number of aryl methyl sites for hydroxylation is 1. The van der Waals surface area contributed by atoms with E-state index in [9.17, 15) is 8.42 Å². The average Bonchev–Trinajstić information content (AvgIpc) is 2.70. The van der Waals surface area contributed by atoms with E-state index in [2.05, 4.69) is 0 Å². The summed E-state index contributed by atoms with van der Waals surface area (Å²) in [5, 5.41) is 0. The molecule has 0 radical (unpaired) electrons. The van der Waals surface area contributed by atoms with E-state index in [0.717, 1.165) is 5.69 Å². The van der Waals surface area contributed by atoms with Crippen molar-refractivity contribution in [3.8, 4) is 0 Å². The fraction of sp³-hybridized carbons (Fsp3) is 0.692. The molecule has 7 heteroatoms. The summed E-state index contributed by atoms with van der Waals surface area (Å²) in [5.74, 6) is 0. The van der Waals surface area contributed by atoms with Gasteiger partial charge in [0.15, 0.2) is 0 Å². The normalized spacial score (nSPS) is 14.2. The van der Waals surface area contributed by atoms with Crippen LogP contribution in [0.4, 0.5) is 0 Å². The van der Waals surface area contributed by atoms with Crippen LogP contribution >= 0.6 is 0 Å². The largest absolute Gasteiger partial charge is 0.352 e.